The van der Waals surface area contributed by atoms with Crippen molar-refractivity contribution >= 4 is 22.8 Å². The van der Waals surface area contributed by atoms with Gasteiger partial charge >= 0.3 is 5.69 Å². The summed E-state index contributed by atoms with van der Waals surface area (Å²) >= 11 is 0. The molecule has 0 bridgehead atoms. The number of para-hydroxylation sites is 1. The van der Waals surface area contributed by atoms with Gasteiger partial charge in [-0.25, -0.2) is 9.78 Å². The van der Waals surface area contributed by atoms with E-state index in [1.807, 2.05) is 24.3 Å². The molecular formula is C20H25N5O3. The number of hydrogen-bond acceptors (Lipinski definition) is 4. The molecule has 3 aromatic rings. The van der Waals surface area contributed by atoms with E-state index in [4.69, 9.17) is 0 Å². The molecule has 8 nitrogen and oxygen atoms in total. The Bertz CT molecular complexity index is 1150. The van der Waals surface area contributed by atoms with E-state index >= 15 is 0 Å². The van der Waals surface area contributed by atoms with Crippen LogP contribution >= 0.6 is 0 Å². The first-order chi connectivity index (χ1) is 13.3. The number of imidazole rings is 1. The van der Waals surface area contributed by atoms with Crippen molar-refractivity contribution in [3.05, 3.63) is 57.0 Å². The first-order valence-corrected chi connectivity index (χ1v) is 9.30. The standard InChI is InChI=1S/C20H25N5O3/c1-6-12(2)14-9-7-8-10-15(14)22-18(26)13(3)25-11-21-17-16(25)19(27)24(5)20(28)23(17)4/h7-13H,6H2,1-5H3,(H,22,26). The van der Waals surface area contributed by atoms with Crippen molar-refractivity contribution in [3.8, 4) is 0 Å². The second-order valence-electron chi connectivity index (χ2n) is 7.09. The Morgan fingerprint density at radius 3 is 2.50 bits per heavy atom. The van der Waals surface area contributed by atoms with Crippen molar-refractivity contribution < 1.29 is 4.79 Å². The monoisotopic (exact) mass is 383 g/mol. The highest BCUT2D eigenvalue weighted by atomic mass is 16.2. The highest BCUT2D eigenvalue weighted by Gasteiger charge is 2.22. The molecule has 148 valence electrons. The van der Waals surface area contributed by atoms with Gasteiger partial charge in [-0.2, -0.15) is 0 Å². The zero-order valence-corrected chi connectivity index (χ0v) is 16.8. The van der Waals surface area contributed by atoms with E-state index in [1.54, 1.807) is 14.0 Å². The Morgan fingerprint density at radius 1 is 1.14 bits per heavy atom. The molecule has 0 saturated carbocycles. The van der Waals surface area contributed by atoms with Gasteiger partial charge in [0, 0.05) is 19.8 Å². The van der Waals surface area contributed by atoms with Crippen LogP contribution in [-0.2, 0) is 18.9 Å². The zero-order valence-electron chi connectivity index (χ0n) is 16.8. The van der Waals surface area contributed by atoms with Gasteiger partial charge in [-0.1, -0.05) is 32.0 Å². The van der Waals surface area contributed by atoms with Gasteiger partial charge in [0.15, 0.2) is 11.2 Å². The van der Waals surface area contributed by atoms with Gasteiger partial charge < -0.3 is 9.88 Å². The molecule has 0 fully saturated rings. The van der Waals surface area contributed by atoms with Gasteiger partial charge in [-0.05, 0) is 30.9 Å². The lowest BCUT2D eigenvalue weighted by atomic mass is 9.97. The first kappa shape index (κ1) is 19.6. The number of aromatic nitrogens is 4. The lowest BCUT2D eigenvalue weighted by Crippen LogP contribution is -2.38. The van der Waals surface area contributed by atoms with Crippen molar-refractivity contribution in [2.24, 2.45) is 14.1 Å². The fourth-order valence-electron chi connectivity index (χ4n) is 3.28. The summed E-state index contributed by atoms with van der Waals surface area (Å²) in [4.78, 5) is 41.8. The Hall–Kier alpha value is -3.16. The van der Waals surface area contributed by atoms with Crippen LogP contribution in [0.25, 0.3) is 11.2 Å². The number of carbonyl (C=O) groups excluding carboxylic acids is 1. The molecule has 2 unspecified atom stereocenters. The van der Waals surface area contributed by atoms with Gasteiger partial charge in [0.2, 0.25) is 5.91 Å². The fourth-order valence-corrected chi connectivity index (χ4v) is 3.28. The number of aryl methyl sites for hydroxylation is 1. The van der Waals surface area contributed by atoms with Crippen molar-refractivity contribution in [2.75, 3.05) is 5.32 Å². The Labute approximate surface area is 162 Å². The third-order valence-corrected chi connectivity index (χ3v) is 5.33. The highest BCUT2D eigenvalue weighted by Crippen LogP contribution is 2.27. The van der Waals surface area contributed by atoms with E-state index in [0.717, 1.165) is 22.2 Å². The summed E-state index contributed by atoms with van der Waals surface area (Å²) in [5, 5.41) is 2.97. The summed E-state index contributed by atoms with van der Waals surface area (Å²) in [5.41, 5.74) is 1.38. The minimum absolute atomic E-state index is 0.225. The first-order valence-electron chi connectivity index (χ1n) is 9.30. The van der Waals surface area contributed by atoms with E-state index in [2.05, 4.69) is 24.1 Å². The normalized spacial score (nSPS) is 13.5. The third-order valence-electron chi connectivity index (χ3n) is 5.33. The maximum absolute atomic E-state index is 12.9. The van der Waals surface area contributed by atoms with Gasteiger partial charge in [-0.15, -0.1) is 0 Å². The number of benzene rings is 1. The second-order valence-corrected chi connectivity index (χ2v) is 7.09. The predicted molar refractivity (Wildman–Crippen MR) is 109 cm³/mol. The van der Waals surface area contributed by atoms with Crippen LogP contribution in [-0.4, -0.2) is 24.6 Å². The van der Waals surface area contributed by atoms with Crippen molar-refractivity contribution in [1.29, 1.82) is 0 Å². The molecule has 2 atom stereocenters. The van der Waals surface area contributed by atoms with Gasteiger partial charge in [0.25, 0.3) is 5.56 Å². The summed E-state index contributed by atoms with van der Waals surface area (Å²) in [5.74, 6) is 0.0497. The van der Waals surface area contributed by atoms with Crippen molar-refractivity contribution in [1.82, 2.24) is 18.7 Å². The summed E-state index contributed by atoms with van der Waals surface area (Å²) in [6.45, 7) is 5.92. The van der Waals surface area contributed by atoms with Crippen LogP contribution in [0, 0.1) is 0 Å². The predicted octanol–water partition coefficient (Wildman–Crippen LogP) is 2.15. The van der Waals surface area contributed by atoms with Crippen molar-refractivity contribution in [2.45, 2.75) is 39.2 Å². The van der Waals surface area contributed by atoms with Gasteiger partial charge in [0.1, 0.15) is 6.04 Å². The lowest BCUT2D eigenvalue weighted by Gasteiger charge is -2.19. The average molecular weight is 383 g/mol. The number of hydrogen-bond donors (Lipinski definition) is 1. The van der Waals surface area contributed by atoms with Crippen LogP contribution in [0.2, 0.25) is 0 Å². The Kier molecular flexibility index (Phi) is 5.22. The van der Waals surface area contributed by atoms with Crippen molar-refractivity contribution in [3.63, 3.8) is 0 Å². The summed E-state index contributed by atoms with van der Waals surface area (Å²) < 4.78 is 3.83. The van der Waals surface area contributed by atoms with Crippen LogP contribution in [0.3, 0.4) is 0 Å². The van der Waals surface area contributed by atoms with E-state index in [-0.39, 0.29) is 17.1 Å². The molecular weight excluding hydrogens is 358 g/mol. The third kappa shape index (κ3) is 3.15. The van der Waals surface area contributed by atoms with Crippen LogP contribution in [0.1, 0.15) is 44.7 Å². The maximum atomic E-state index is 12.9. The van der Waals surface area contributed by atoms with Crippen LogP contribution in [0.15, 0.2) is 40.2 Å². The average Bonchev–Trinajstić information content (AvgIpc) is 3.15. The topological polar surface area (TPSA) is 90.9 Å². The van der Waals surface area contributed by atoms with Gasteiger partial charge in [-0.3, -0.25) is 18.7 Å². The number of amides is 1. The number of nitrogens with zero attached hydrogens (tertiary/aromatic N) is 4. The molecule has 0 saturated heterocycles. The van der Waals surface area contributed by atoms with E-state index in [1.165, 1.54) is 22.5 Å². The number of nitrogens with one attached hydrogen (secondary N) is 1. The molecule has 28 heavy (non-hydrogen) atoms. The Balaban J connectivity index is 2.00. The van der Waals surface area contributed by atoms with Crippen LogP contribution in [0.4, 0.5) is 5.69 Å². The lowest BCUT2D eigenvalue weighted by molar-refractivity contribution is -0.118. The molecule has 8 heteroatoms. The molecule has 3 rings (SSSR count). The highest BCUT2D eigenvalue weighted by molar-refractivity contribution is 5.95. The largest absolute Gasteiger partial charge is 0.332 e. The van der Waals surface area contributed by atoms with Gasteiger partial charge in [0.05, 0.1) is 6.33 Å². The molecule has 0 aliphatic heterocycles. The molecule has 1 N–H and O–H groups in total. The zero-order chi connectivity index (χ0) is 20.6. The number of rotatable bonds is 5. The molecule has 2 aromatic heterocycles. The Morgan fingerprint density at radius 2 is 1.82 bits per heavy atom. The second kappa shape index (κ2) is 7.46. The van der Waals surface area contributed by atoms with Crippen LogP contribution in [0.5, 0.6) is 0 Å². The minimum atomic E-state index is -0.680. The molecule has 1 amide bonds. The summed E-state index contributed by atoms with van der Waals surface area (Å²) in [6, 6.07) is 7.03. The SMILES string of the molecule is CCC(C)c1ccccc1NC(=O)C(C)n1cnc2c1c(=O)n(C)c(=O)n2C. The number of carbonyl (C=O) groups is 1. The molecule has 0 spiro atoms. The fraction of sp³-hybridized carbons (Fsp3) is 0.400. The molecule has 0 aliphatic carbocycles. The summed E-state index contributed by atoms with van der Waals surface area (Å²) in [7, 11) is 2.96. The number of fused-ring (bicyclic) bond motifs is 1. The van der Waals surface area contributed by atoms with E-state index in [9.17, 15) is 14.4 Å². The molecule has 2 heterocycles. The molecule has 0 aliphatic rings. The smallest absolute Gasteiger partial charge is 0.324 e. The van der Waals surface area contributed by atoms with E-state index < -0.39 is 17.3 Å². The summed E-state index contributed by atoms with van der Waals surface area (Å²) in [6.07, 6.45) is 2.38. The molecule has 1 aromatic carbocycles. The van der Waals surface area contributed by atoms with Crippen LogP contribution < -0.4 is 16.6 Å². The quantitative estimate of drug-likeness (QED) is 0.731. The molecule has 0 radical (unpaired) electrons. The van der Waals surface area contributed by atoms with E-state index in [0.29, 0.717) is 5.92 Å². The minimum Gasteiger partial charge on any atom is -0.324 e. The number of anilines is 1. The maximum Gasteiger partial charge on any atom is 0.332 e.